The van der Waals surface area contributed by atoms with Crippen molar-refractivity contribution in [3.05, 3.63) is 29.3 Å². The summed E-state index contributed by atoms with van der Waals surface area (Å²) in [5.41, 5.74) is 6.94. The van der Waals surface area contributed by atoms with E-state index in [4.69, 9.17) is 5.73 Å². The van der Waals surface area contributed by atoms with Crippen LogP contribution in [-0.4, -0.2) is 24.1 Å². The number of nitrogens with one attached hydrogen (secondary N) is 1. The monoisotopic (exact) mass is 264 g/mol. The van der Waals surface area contributed by atoms with E-state index in [1.165, 1.54) is 0 Å². The lowest BCUT2D eigenvalue weighted by molar-refractivity contribution is -0.120. The molecule has 1 aromatic carbocycles. The highest BCUT2D eigenvalue weighted by Crippen LogP contribution is 2.33. The lowest BCUT2D eigenvalue weighted by Crippen LogP contribution is -2.29. The molecule has 4 heteroatoms. The van der Waals surface area contributed by atoms with E-state index in [1.54, 1.807) is 0 Å². The predicted octanol–water partition coefficient (Wildman–Crippen LogP) is 1.70. The van der Waals surface area contributed by atoms with Crippen LogP contribution in [0.4, 0.5) is 0 Å². The molecule has 0 aliphatic rings. The number of hydrogen-bond acceptors (Lipinski definition) is 3. The minimum atomic E-state index is -0.109. The molecule has 0 saturated carbocycles. The maximum atomic E-state index is 11.5. The zero-order chi connectivity index (χ0) is 14.5. The van der Waals surface area contributed by atoms with Crippen molar-refractivity contribution in [2.24, 2.45) is 5.73 Å². The molecular weight excluding hydrogens is 240 g/mol. The van der Waals surface area contributed by atoms with Gasteiger partial charge in [0.15, 0.2) is 0 Å². The lowest BCUT2D eigenvalue weighted by Gasteiger charge is -2.21. The highest BCUT2D eigenvalue weighted by molar-refractivity contribution is 5.76. The van der Waals surface area contributed by atoms with Crippen molar-refractivity contribution in [1.29, 1.82) is 0 Å². The van der Waals surface area contributed by atoms with Crippen molar-refractivity contribution < 1.29 is 9.90 Å². The Balaban J connectivity index is 2.72. The summed E-state index contributed by atoms with van der Waals surface area (Å²) < 4.78 is 0. The van der Waals surface area contributed by atoms with Crippen molar-refractivity contribution >= 4 is 5.91 Å². The van der Waals surface area contributed by atoms with E-state index in [0.29, 0.717) is 31.7 Å². The molecular formula is C15H24N2O2. The Bertz CT molecular complexity index is 436. The van der Waals surface area contributed by atoms with Crippen molar-refractivity contribution in [3.63, 3.8) is 0 Å². The number of phenolic OH excluding ortho intramolecular Hbond substituents is 1. The fraction of sp³-hybridized carbons (Fsp3) is 0.533. The molecule has 1 aromatic rings. The molecule has 19 heavy (non-hydrogen) atoms. The number of phenols is 1. The van der Waals surface area contributed by atoms with Crippen LogP contribution in [0.25, 0.3) is 0 Å². The highest BCUT2D eigenvalue weighted by Gasteiger charge is 2.19. The second-order valence-corrected chi connectivity index (χ2v) is 5.70. The topological polar surface area (TPSA) is 75.4 Å². The van der Waals surface area contributed by atoms with E-state index in [0.717, 1.165) is 11.1 Å². The minimum absolute atomic E-state index is 0.0361. The van der Waals surface area contributed by atoms with E-state index < -0.39 is 0 Å². The summed E-state index contributed by atoms with van der Waals surface area (Å²) in [6.07, 6.45) is 0.896. The zero-order valence-corrected chi connectivity index (χ0v) is 12.0. The molecule has 4 nitrogen and oxygen atoms in total. The predicted molar refractivity (Wildman–Crippen MR) is 77.2 cm³/mol. The molecule has 0 fully saturated rings. The molecule has 0 aliphatic carbocycles. The fourth-order valence-corrected chi connectivity index (χ4v) is 1.95. The van der Waals surface area contributed by atoms with Crippen LogP contribution in [0.2, 0.25) is 0 Å². The number of carbonyl (C=O) groups excluding carboxylic acids is 1. The number of nitrogens with two attached hydrogens (primary N) is 1. The Hall–Kier alpha value is -1.55. The fourth-order valence-electron chi connectivity index (χ4n) is 1.95. The molecule has 0 aliphatic heterocycles. The normalized spacial score (nSPS) is 11.4. The first kappa shape index (κ1) is 15.5. The third-order valence-electron chi connectivity index (χ3n) is 3.02. The Labute approximate surface area is 115 Å². The van der Waals surface area contributed by atoms with Crippen LogP contribution in [0.3, 0.4) is 0 Å². The van der Waals surface area contributed by atoms with E-state index in [-0.39, 0.29) is 11.3 Å². The number of hydrogen-bond donors (Lipinski definition) is 3. The molecule has 0 unspecified atom stereocenters. The van der Waals surface area contributed by atoms with Gasteiger partial charge in [-0.25, -0.2) is 0 Å². The first-order chi connectivity index (χ1) is 8.86. The van der Waals surface area contributed by atoms with Gasteiger partial charge in [0.1, 0.15) is 5.75 Å². The molecule has 0 heterocycles. The number of para-hydroxylation sites is 1. The van der Waals surface area contributed by atoms with E-state index in [2.05, 4.69) is 26.1 Å². The average Bonchev–Trinajstić information content (AvgIpc) is 2.33. The maximum absolute atomic E-state index is 11.5. The third kappa shape index (κ3) is 4.56. The number of aryl methyl sites for hydroxylation is 1. The van der Waals surface area contributed by atoms with Crippen LogP contribution >= 0.6 is 0 Å². The molecule has 0 bridgehead atoms. The number of benzene rings is 1. The highest BCUT2D eigenvalue weighted by atomic mass is 16.3. The van der Waals surface area contributed by atoms with E-state index in [9.17, 15) is 9.90 Å². The Morgan fingerprint density at radius 2 is 2.05 bits per heavy atom. The van der Waals surface area contributed by atoms with Crippen LogP contribution in [0.15, 0.2) is 18.2 Å². The Morgan fingerprint density at radius 3 is 2.63 bits per heavy atom. The standard InChI is InChI=1S/C15H24N2O2/c1-15(2,3)12-6-4-5-11(14(12)19)7-8-13(18)17-10-9-16/h4-6,19H,7-10,16H2,1-3H3,(H,17,18). The zero-order valence-electron chi connectivity index (χ0n) is 12.0. The lowest BCUT2D eigenvalue weighted by atomic mass is 9.85. The van der Waals surface area contributed by atoms with Gasteiger partial charge in [-0.05, 0) is 23.0 Å². The van der Waals surface area contributed by atoms with Crippen LogP contribution < -0.4 is 11.1 Å². The summed E-state index contributed by atoms with van der Waals surface area (Å²) in [6.45, 7) is 7.10. The smallest absolute Gasteiger partial charge is 0.220 e. The quantitative estimate of drug-likeness (QED) is 0.757. The number of rotatable bonds is 5. The van der Waals surface area contributed by atoms with Gasteiger partial charge in [0.05, 0.1) is 0 Å². The van der Waals surface area contributed by atoms with E-state index >= 15 is 0 Å². The molecule has 1 rings (SSSR count). The van der Waals surface area contributed by atoms with Gasteiger partial charge in [-0.15, -0.1) is 0 Å². The van der Waals surface area contributed by atoms with Gasteiger partial charge < -0.3 is 16.2 Å². The summed E-state index contributed by atoms with van der Waals surface area (Å²) >= 11 is 0. The van der Waals surface area contributed by atoms with Gasteiger partial charge in [0, 0.05) is 19.5 Å². The van der Waals surface area contributed by atoms with Crippen LogP contribution in [0.1, 0.15) is 38.3 Å². The van der Waals surface area contributed by atoms with Gasteiger partial charge >= 0.3 is 0 Å². The minimum Gasteiger partial charge on any atom is -0.507 e. The summed E-state index contributed by atoms with van der Waals surface area (Å²) in [5, 5.41) is 13.0. The molecule has 0 atom stereocenters. The van der Waals surface area contributed by atoms with Gasteiger partial charge in [-0.1, -0.05) is 39.0 Å². The molecule has 0 saturated heterocycles. The maximum Gasteiger partial charge on any atom is 0.220 e. The second kappa shape index (κ2) is 6.57. The van der Waals surface area contributed by atoms with Crippen molar-refractivity contribution in [3.8, 4) is 5.75 Å². The summed E-state index contributed by atoms with van der Waals surface area (Å²) in [6, 6.07) is 5.71. The van der Waals surface area contributed by atoms with Crippen LogP contribution in [0, 0.1) is 0 Å². The molecule has 1 amide bonds. The third-order valence-corrected chi connectivity index (χ3v) is 3.02. The molecule has 4 N–H and O–H groups in total. The second-order valence-electron chi connectivity index (χ2n) is 5.70. The first-order valence-electron chi connectivity index (χ1n) is 6.64. The van der Waals surface area contributed by atoms with Crippen molar-refractivity contribution in [2.45, 2.75) is 39.0 Å². The largest absolute Gasteiger partial charge is 0.507 e. The van der Waals surface area contributed by atoms with Gasteiger partial charge in [-0.2, -0.15) is 0 Å². The van der Waals surface area contributed by atoms with Gasteiger partial charge in [-0.3, -0.25) is 4.79 Å². The molecule has 0 spiro atoms. The van der Waals surface area contributed by atoms with Crippen molar-refractivity contribution in [1.82, 2.24) is 5.32 Å². The Morgan fingerprint density at radius 1 is 1.37 bits per heavy atom. The molecule has 0 aromatic heterocycles. The summed E-state index contributed by atoms with van der Waals surface area (Å²) in [4.78, 5) is 11.5. The SMILES string of the molecule is CC(C)(C)c1cccc(CCC(=O)NCCN)c1O. The van der Waals surface area contributed by atoms with Crippen LogP contribution in [0.5, 0.6) is 5.75 Å². The van der Waals surface area contributed by atoms with Gasteiger partial charge in [0.2, 0.25) is 5.91 Å². The average molecular weight is 264 g/mol. The number of carbonyl (C=O) groups is 1. The summed E-state index contributed by atoms with van der Waals surface area (Å²) in [7, 11) is 0. The molecule has 0 radical (unpaired) electrons. The van der Waals surface area contributed by atoms with Crippen molar-refractivity contribution in [2.75, 3.05) is 13.1 Å². The first-order valence-corrected chi connectivity index (χ1v) is 6.64. The Kier molecular flexibility index (Phi) is 5.36. The number of aromatic hydroxyl groups is 1. The van der Waals surface area contributed by atoms with E-state index in [1.807, 2.05) is 18.2 Å². The summed E-state index contributed by atoms with van der Waals surface area (Å²) in [5.74, 6) is 0.271. The molecule has 106 valence electrons. The number of amides is 1. The van der Waals surface area contributed by atoms with Gasteiger partial charge in [0.25, 0.3) is 0 Å². The van der Waals surface area contributed by atoms with Crippen LogP contribution in [-0.2, 0) is 16.6 Å².